The van der Waals surface area contributed by atoms with Gasteiger partial charge in [-0.05, 0) is 44.0 Å². The van der Waals surface area contributed by atoms with Crippen LogP contribution < -0.4 is 14.8 Å². The minimum absolute atomic E-state index is 0.0263. The van der Waals surface area contributed by atoms with Crippen LogP contribution in [0.4, 0.5) is 0 Å². The Morgan fingerprint density at radius 1 is 1.10 bits per heavy atom. The number of aliphatic hydroxyl groups is 1. The summed E-state index contributed by atoms with van der Waals surface area (Å²) in [6.07, 6.45) is 8.93. The molecular formula is C25H42N2O4. The van der Waals surface area contributed by atoms with Gasteiger partial charge in [0.05, 0.1) is 6.61 Å². The topological polar surface area (TPSA) is 71.0 Å². The lowest BCUT2D eigenvalue weighted by molar-refractivity contribution is -0.122. The van der Waals surface area contributed by atoms with Crippen molar-refractivity contribution in [1.82, 2.24) is 10.2 Å². The molecular weight excluding hydrogens is 392 g/mol. The van der Waals surface area contributed by atoms with Gasteiger partial charge in [0.1, 0.15) is 13.2 Å². The van der Waals surface area contributed by atoms with Crippen molar-refractivity contribution < 1.29 is 19.4 Å². The molecule has 0 aliphatic carbocycles. The summed E-state index contributed by atoms with van der Waals surface area (Å²) in [4.78, 5) is 14.8. The molecule has 6 heteroatoms. The lowest BCUT2D eigenvalue weighted by Crippen LogP contribution is -2.47. The number of unbranched alkanes of at least 4 members (excludes halogenated alkanes) is 4. The molecule has 1 aliphatic heterocycles. The lowest BCUT2D eigenvalue weighted by Gasteiger charge is -2.31. The van der Waals surface area contributed by atoms with Crippen LogP contribution in [-0.2, 0) is 11.2 Å². The van der Waals surface area contributed by atoms with Gasteiger partial charge in [0.2, 0.25) is 5.91 Å². The Balaban J connectivity index is 2.00. The first-order valence-electron chi connectivity index (χ1n) is 12.1. The molecule has 0 radical (unpaired) electrons. The van der Waals surface area contributed by atoms with Crippen LogP contribution in [0.15, 0.2) is 18.2 Å². The minimum atomic E-state index is -0.0263. The molecule has 176 valence electrons. The molecule has 1 aromatic carbocycles. The van der Waals surface area contributed by atoms with Crippen molar-refractivity contribution in [3.63, 3.8) is 0 Å². The largest absolute Gasteiger partial charge is 0.486 e. The van der Waals surface area contributed by atoms with E-state index < -0.39 is 0 Å². The molecule has 0 bridgehead atoms. The number of nitrogens with one attached hydrogen (secondary N) is 1. The van der Waals surface area contributed by atoms with E-state index in [1.54, 1.807) is 0 Å². The number of fused-ring (bicyclic) bond motifs is 1. The molecule has 1 aromatic rings. The van der Waals surface area contributed by atoms with E-state index in [9.17, 15) is 9.90 Å². The highest BCUT2D eigenvalue weighted by Gasteiger charge is 2.21. The van der Waals surface area contributed by atoms with E-state index in [0.717, 1.165) is 42.7 Å². The molecule has 0 saturated carbocycles. The summed E-state index contributed by atoms with van der Waals surface area (Å²) in [7, 11) is 2.03. The predicted octanol–water partition coefficient (Wildman–Crippen LogP) is 3.94. The summed E-state index contributed by atoms with van der Waals surface area (Å²) >= 11 is 0. The molecule has 6 nitrogen and oxygen atoms in total. The van der Waals surface area contributed by atoms with Crippen molar-refractivity contribution in [3.05, 3.63) is 23.8 Å². The number of nitrogens with zero attached hydrogens (tertiary/aromatic N) is 1. The van der Waals surface area contributed by atoms with Gasteiger partial charge in [0.25, 0.3) is 0 Å². The monoisotopic (exact) mass is 434 g/mol. The highest BCUT2D eigenvalue weighted by molar-refractivity contribution is 5.76. The average Bonchev–Trinajstić information content (AvgIpc) is 2.77. The number of ether oxygens (including phenoxy) is 2. The van der Waals surface area contributed by atoms with Gasteiger partial charge in [0.15, 0.2) is 11.5 Å². The van der Waals surface area contributed by atoms with E-state index in [1.807, 2.05) is 25.2 Å². The number of amides is 1. The van der Waals surface area contributed by atoms with Crippen LogP contribution in [0, 0.1) is 0 Å². The fraction of sp³-hybridized carbons (Fsp3) is 0.720. The highest BCUT2D eigenvalue weighted by Crippen LogP contribution is 2.31. The fourth-order valence-corrected chi connectivity index (χ4v) is 4.13. The molecule has 2 rings (SSSR count). The van der Waals surface area contributed by atoms with Crippen molar-refractivity contribution >= 4 is 5.91 Å². The summed E-state index contributed by atoms with van der Waals surface area (Å²) < 4.78 is 11.4. The van der Waals surface area contributed by atoms with E-state index in [1.165, 1.54) is 19.3 Å². The number of rotatable bonds is 15. The molecule has 0 saturated heterocycles. The number of benzene rings is 1. The van der Waals surface area contributed by atoms with Crippen molar-refractivity contribution in [2.45, 2.75) is 83.7 Å². The molecule has 31 heavy (non-hydrogen) atoms. The van der Waals surface area contributed by atoms with Crippen LogP contribution in [0.3, 0.4) is 0 Å². The zero-order chi connectivity index (χ0) is 22.5. The fourth-order valence-electron chi connectivity index (χ4n) is 4.13. The van der Waals surface area contributed by atoms with Crippen LogP contribution in [0.25, 0.3) is 0 Å². The molecule has 1 aliphatic rings. The van der Waals surface area contributed by atoms with E-state index >= 15 is 0 Å². The molecule has 1 heterocycles. The molecule has 0 aromatic heterocycles. The van der Waals surface area contributed by atoms with Gasteiger partial charge >= 0.3 is 0 Å². The van der Waals surface area contributed by atoms with E-state index in [4.69, 9.17) is 9.47 Å². The number of hydrogen-bond acceptors (Lipinski definition) is 5. The third-order valence-electron chi connectivity index (χ3n) is 5.93. The molecule has 0 fully saturated rings. The first kappa shape index (κ1) is 25.5. The Bertz CT molecular complexity index is 652. The number of hydrogen-bond donors (Lipinski definition) is 2. The summed E-state index contributed by atoms with van der Waals surface area (Å²) in [6.45, 7) is 6.29. The molecule has 1 amide bonds. The maximum atomic E-state index is 12.6. The quantitative estimate of drug-likeness (QED) is 0.409. The molecule has 0 spiro atoms. The maximum Gasteiger partial charge on any atom is 0.220 e. The highest BCUT2D eigenvalue weighted by atomic mass is 16.6. The predicted molar refractivity (Wildman–Crippen MR) is 125 cm³/mol. The Hall–Kier alpha value is -1.79. The van der Waals surface area contributed by atoms with Gasteiger partial charge in [-0.2, -0.15) is 0 Å². The molecule has 2 N–H and O–H groups in total. The van der Waals surface area contributed by atoms with Crippen molar-refractivity contribution in [3.8, 4) is 11.5 Å². The van der Waals surface area contributed by atoms with Crippen molar-refractivity contribution in [2.24, 2.45) is 0 Å². The summed E-state index contributed by atoms with van der Waals surface area (Å²) in [5.74, 6) is 1.67. The minimum Gasteiger partial charge on any atom is -0.486 e. The van der Waals surface area contributed by atoms with Crippen LogP contribution in [0.1, 0.15) is 70.8 Å². The zero-order valence-corrected chi connectivity index (χ0v) is 19.7. The SMILES string of the molecule is CCCCCCCC(=O)N[C@@H](Cc1ccc2c(c1)OCCO2)CN(C)[C@@H](CO)CCC. The second kappa shape index (κ2) is 14.3. The van der Waals surface area contributed by atoms with E-state index in [-0.39, 0.29) is 24.6 Å². The third kappa shape index (κ3) is 9.08. The second-order valence-corrected chi connectivity index (χ2v) is 8.68. The maximum absolute atomic E-state index is 12.6. The van der Waals surface area contributed by atoms with Crippen molar-refractivity contribution in [1.29, 1.82) is 0 Å². The van der Waals surface area contributed by atoms with Crippen LogP contribution >= 0.6 is 0 Å². The number of carbonyl (C=O) groups excluding carboxylic acids is 1. The van der Waals surface area contributed by atoms with Gasteiger partial charge in [0, 0.05) is 25.0 Å². The first-order valence-corrected chi connectivity index (χ1v) is 12.1. The Kier molecular flexibility index (Phi) is 11.8. The van der Waals surface area contributed by atoms with Crippen molar-refractivity contribution in [2.75, 3.05) is 33.4 Å². The number of carbonyl (C=O) groups is 1. The third-order valence-corrected chi connectivity index (χ3v) is 5.93. The van der Waals surface area contributed by atoms with E-state index in [0.29, 0.717) is 32.6 Å². The van der Waals surface area contributed by atoms with Crippen LogP contribution in [0.2, 0.25) is 0 Å². The zero-order valence-electron chi connectivity index (χ0n) is 19.7. The lowest BCUT2D eigenvalue weighted by atomic mass is 10.0. The normalized spacial score (nSPS) is 15.0. The number of likely N-dealkylation sites (N-methyl/N-ethyl adjacent to an activating group) is 1. The Morgan fingerprint density at radius 2 is 1.84 bits per heavy atom. The number of aliphatic hydroxyl groups excluding tert-OH is 1. The van der Waals surface area contributed by atoms with Gasteiger partial charge in [-0.3, -0.25) is 9.69 Å². The first-order chi connectivity index (χ1) is 15.1. The van der Waals surface area contributed by atoms with Gasteiger partial charge in [-0.25, -0.2) is 0 Å². The molecule has 2 atom stereocenters. The average molecular weight is 435 g/mol. The standard InChI is InChI=1S/C25H42N2O4/c1-4-6-7-8-9-11-25(29)26-21(18-27(3)22(19-28)10-5-2)16-20-12-13-23-24(17-20)31-15-14-30-23/h12-13,17,21-22,28H,4-11,14-16,18-19H2,1-3H3,(H,26,29)/t21-,22+/m0/s1. The van der Waals surface area contributed by atoms with Crippen LogP contribution in [-0.4, -0.2) is 61.4 Å². The summed E-state index contributed by atoms with van der Waals surface area (Å²) in [6, 6.07) is 6.11. The van der Waals surface area contributed by atoms with Gasteiger partial charge in [-0.15, -0.1) is 0 Å². The summed E-state index contributed by atoms with van der Waals surface area (Å²) in [5, 5.41) is 13.0. The Labute approximate surface area is 188 Å². The second-order valence-electron chi connectivity index (χ2n) is 8.68. The van der Waals surface area contributed by atoms with Gasteiger partial charge < -0.3 is 19.9 Å². The Morgan fingerprint density at radius 3 is 2.55 bits per heavy atom. The van der Waals surface area contributed by atoms with Gasteiger partial charge in [-0.1, -0.05) is 52.0 Å². The molecule has 0 unspecified atom stereocenters. The van der Waals surface area contributed by atoms with E-state index in [2.05, 4.69) is 24.1 Å². The summed E-state index contributed by atoms with van der Waals surface area (Å²) in [5.41, 5.74) is 1.11. The smallest absolute Gasteiger partial charge is 0.220 e. The van der Waals surface area contributed by atoms with Crippen LogP contribution in [0.5, 0.6) is 11.5 Å².